The van der Waals surface area contributed by atoms with E-state index >= 15 is 0 Å². The Balaban J connectivity index is 1.37. The van der Waals surface area contributed by atoms with Gasteiger partial charge in [-0.25, -0.2) is 14.4 Å². The number of halogens is 1. The molecule has 3 aromatic rings. The number of benzene rings is 1. The second-order valence-electron chi connectivity index (χ2n) is 6.52. The molecule has 0 atom stereocenters. The van der Waals surface area contributed by atoms with Crippen molar-refractivity contribution in [1.82, 2.24) is 19.3 Å². The number of carbonyl (C=O) groups excluding carboxylic acids is 1. The van der Waals surface area contributed by atoms with E-state index in [0.29, 0.717) is 17.4 Å². The van der Waals surface area contributed by atoms with Gasteiger partial charge >= 0.3 is 0 Å². The number of imidazole rings is 1. The summed E-state index contributed by atoms with van der Waals surface area (Å²) in [7, 11) is 0. The summed E-state index contributed by atoms with van der Waals surface area (Å²) in [4.78, 5) is 23.0. The van der Waals surface area contributed by atoms with Crippen molar-refractivity contribution >= 4 is 11.7 Å². The molecule has 5 nitrogen and oxygen atoms in total. The summed E-state index contributed by atoms with van der Waals surface area (Å²) >= 11 is 0. The van der Waals surface area contributed by atoms with Crippen LogP contribution in [0.15, 0.2) is 48.9 Å². The largest absolute Gasteiger partial charge is 0.337 e. The molecule has 4 rings (SSSR count). The van der Waals surface area contributed by atoms with Gasteiger partial charge in [0.05, 0.1) is 0 Å². The van der Waals surface area contributed by atoms with E-state index in [1.807, 2.05) is 29.3 Å². The van der Waals surface area contributed by atoms with Gasteiger partial charge in [0.1, 0.15) is 11.5 Å². The maximum atomic E-state index is 13.0. The zero-order chi connectivity index (χ0) is 17.2. The molecular formula is C19H19FN4O. The average molecular weight is 338 g/mol. The van der Waals surface area contributed by atoms with Gasteiger partial charge in [0.15, 0.2) is 0 Å². The van der Waals surface area contributed by atoms with E-state index in [2.05, 4.69) is 9.97 Å². The molecule has 1 aliphatic rings. The molecule has 3 heterocycles. The molecule has 1 amide bonds. The van der Waals surface area contributed by atoms with Gasteiger partial charge in [-0.3, -0.25) is 9.20 Å². The van der Waals surface area contributed by atoms with Crippen LogP contribution < -0.4 is 0 Å². The van der Waals surface area contributed by atoms with Crippen molar-refractivity contribution < 1.29 is 9.18 Å². The molecule has 0 saturated carbocycles. The lowest BCUT2D eigenvalue weighted by Crippen LogP contribution is -2.39. The average Bonchev–Trinajstić information content (AvgIpc) is 3.08. The van der Waals surface area contributed by atoms with Gasteiger partial charge in [0.2, 0.25) is 5.78 Å². The lowest BCUT2D eigenvalue weighted by molar-refractivity contribution is 0.0685. The van der Waals surface area contributed by atoms with Gasteiger partial charge in [-0.2, -0.15) is 0 Å². The van der Waals surface area contributed by atoms with Gasteiger partial charge in [-0.05, 0) is 48.9 Å². The van der Waals surface area contributed by atoms with Crippen LogP contribution in [-0.2, 0) is 6.42 Å². The monoisotopic (exact) mass is 338 g/mol. The second kappa shape index (κ2) is 6.63. The molecular weight excluding hydrogens is 319 g/mol. The van der Waals surface area contributed by atoms with Crippen molar-refractivity contribution in [2.75, 3.05) is 13.1 Å². The molecule has 128 valence electrons. The molecule has 1 fully saturated rings. The highest BCUT2D eigenvalue weighted by molar-refractivity contribution is 5.92. The summed E-state index contributed by atoms with van der Waals surface area (Å²) < 4.78 is 14.7. The number of likely N-dealkylation sites (tertiary alicyclic amines) is 1. The lowest BCUT2D eigenvalue weighted by Gasteiger charge is -2.31. The fourth-order valence-corrected chi connectivity index (χ4v) is 3.39. The third kappa shape index (κ3) is 3.38. The van der Waals surface area contributed by atoms with Crippen molar-refractivity contribution in [3.05, 3.63) is 66.0 Å². The van der Waals surface area contributed by atoms with Crippen LogP contribution in [0.4, 0.5) is 4.39 Å². The van der Waals surface area contributed by atoms with E-state index in [0.717, 1.165) is 37.9 Å². The minimum Gasteiger partial charge on any atom is -0.337 e. The lowest BCUT2D eigenvalue weighted by atomic mass is 9.90. The normalized spacial score (nSPS) is 15.6. The second-order valence-corrected chi connectivity index (χ2v) is 6.52. The minimum absolute atomic E-state index is 0.0364. The Labute approximate surface area is 145 Å². The molecule has 0 radical (unpaired) electrons. The first-order valence-electron chi connectivity index (χ1n) is 8.52. The number of piperidine rings is 1. The number of fused-ring (bicyclic) bond motifs is 1. The first kappa shape index (κ1) is 15.7. The Morgan fingerprint density at radius 1 is 1.20 bits per heavy atom. The number of hydrogen-bond acceptors (Lipinski definition) is 3. The predicted octanol–water partition coefficient (Wildman–Crippen LogP) is 2.96. The van der Waals surface area contributed by atoms with Crippen LogP contribution in [0, 0.1) is 11.7 Å². The molecule has 0 bridgehead atoms. The molecule has 1 saturated heterocycles. The molecule has 0 N–H and O–H groups in total. The number of amides is 1. The van der Waals surface area contributed by atoms with E-state index < -0.39 is 0 Å². The van der Waals surface area contributed by atoms with Crippen LogP contribution in [0.25, 0.3) is 5.78 Å². The molecule has 0 unspecified atom stereocenters. The quantitative estimate of drug-likeness (QED) is 0.738. The summed E-state index contributed by atoms with van der Waals surface area (Å²) in [6, 6.07) is 8.51. The highest BCUT2D eigenvalue weighted by atomic mass is 19.1. The fraction of sp³-hybridized carbons (Fsp3) is 0.316. The van der Waals surface area contributed by atoms with Crippen LogP contribution >= 0.6 is 0 Å². The fourth-order valence-electron chi connectivity index (χ4n) is 3.39. The van der Waals surface area contributed by atoms with Crippen molar-refractivity contribution in [3.63, 3.8) is 0 Å². The van der Waals surface area contributed by atoms with Crippen molar-refractivity contribution in [3.8, 4) is 0 Å². The van der Waals surface area contributed by atoms with E-state index in [-0.39, 0.29) is 11.7 Å². The summed E-state index contributed by atoms with van der Waals surface area (Å²) in [5, 5.41) is 0. The summed E-state index contributed by atoms with van der Waals surface area (Å²) in [6.45, 7) is 1.46. The number of nitrogens with zero attached hydrogens (tertiary/aromatic N) is 4. The van der Waals surface area contributed by atoms with Crippen LogP contribution in [-0.4, -0.2) is 38.3 Å². The van der Waals surface area contributed by atoms with Crippen LogP contribution in [0.5, 0.6) is 0 Å². The zero-order valence-corrected chi connectivity index (χ0v) is 13.8. The molecule has 0 spiro atoms. The van der Waals surface area contributed by atoms with Crippen molar-refractivity contribution in [2.24, 2.45) is 5.92 Å². The third-order valence-corrected chi connectivity index (χ3v) is 4.79. The standard InChI is InChI=1S/C19H19FN4O/c20-16-4-2-14(3-5-16)12-15-6-10-23(11-7-15)18(25)17-13-24-9-1-8-21-19(24)22-17/h1-5,8-9,13,15H,6-7,10-12H2. The third-order valence-electron chi connectivity index (χ3n) is 4.79. The van der Waals surface area contributed by atoms with E-state index in [1.54, 1.807) is 16.8 Å². The minimum atomic E-state index is -0.203. The van der Waals surface area contributed by atoms with Crippen LogP contribution in [0.1, 0.15) is 28.9 Å². The Morgan fingerprint density at radius 3 is 2.68 bits per heavy atom. The molecule has 1 aromatic carbocycles. The van der Waals surface area contributed by atoms with E-state index in [4.69, 9.17) is 0 Å². The maximum absolute atomic E-state index is 13.0. The number of aromatic nitrogens is 3. The predicted molar refractivity (Wildman–Crippen MR) is 91.7 cm³/mol. The number of hydrogen-bond donors (Lipinski definition) is 0. The first-order valence-corrected chi connectivity index (χ1v) is 8.52. The van der Waals surface area contributed by atoms with Crippen LogP contribution in [0.3, 0.4) is 0 Å². The highest BCUT2D eigenvalue weighted by Crippen LogP contribution is 2.23. The van der Waals surface area contributed by atoms with Crippen LogP contribution in [0.2, 0.25) is 0 Å². The molecule has 0 aliphatic carbocycles. The Bertz CT molecular complexity index is 849. The van der Waals surface area contributed by atoms with E-state index in [9.17, 15) is 9.18 Å². The summed E-state index contributed by atoms with van der Waals surface area (Å²) in [6.07, 6.45) is 8.07. The van der Waals surface area contributed by atoms with Gasteiger partial charge < -0.3 is 4.90 Å². The van der Waals surface area contributed by atoms with Crippen molar-refractivity contribution in [1.29, 1.82) is 0 Å². The Kier molecular flexibility index (Phi) is 4.17. The van der Waals surface area contributed by atoms with Gasteiger partial charge in [0.25, 0.3) is 5.91 Å². The number of carbonyl (C=O) groups is 1. The van der Waals surface area contributed by atoms with E-state index in [1.165, 1.54) is 12.1 Å². The molecule has 25 heavy (non-hydrogen) atoms. The highest BCUT2D eigenvalue weighted by Gasteiger charge is 2.25. The topological polar surface area (TPSA) is 50.5 Å². The molecule has 6 heteroatoms. The smallest absolute Gasteiger partial charge is 0.274 e. The summed E-state index contributed by atoms with van der Waals surface area (Å²) in [5.74, 6) is 0.825. The zero-order valence-electron chi connectivity index (χ0n) is 13.8. The molecule has 1 aliphatic heterocycles. The SMILES string of the molecule is O=C(c1cn2cccnc2n1)N1CCC(Cc2ccc(F)cc2)CC1. The maximum Gasteiger partial charge on any atom is 0.274 e. The van der Waals surface area contributed by atoms with Gasteiger partial charge in [0, 0.05) is 31.7 Å². The van der Waals surface area contributed by atoms with Gasteiger partial charge in [-0.1, -0.05) is 12.1 Å². The first-order chi connectivity index (χ1) is 12.2. The summed E-state index contributed by atoms with van der Waals surface area (Å²) in [5.41, 5.74) is 1.59. The number of rotatable bonds is 3. The molecule has 2 aromatic heterocycles. The Hall–Kier alpha value is -2.76. The van der Waals surface area contributed by atoms with Gasteiger partial charge in [-0.15, -0.1) is 0 Å². The Morgan fingerprint density at radius 2 is 1.96 bits per heavy atom. The van der Waals surface area contributed by atoms with Crippen molar-refractivity contribution in [2.45, 2.75) is 19.3 Å².